The van der Waals surface area contributed by atoms with Gasteiger partial charge in [0.2, 0.25) is 11.7 Å². The smallest absolute Gasteiger partial charge is 0.229 e. The molecule has 2 rings (SSSR count). The second-order valence-corrected chi connectivity index (χ2v) is 6.57. The monoisotopic (exact) mass is 357 g/mol. The highest BCUT2D eigenvalue weighted by molar-refractivity contribution is 5.93. The summed E-state index contributed by atoms with van der Waals surface area (Å²) in [5, 5.41) is 2.46. The summed E-state index contributed by atoms with van der Waals surface area (Å²) in [5.74, 6) is -11.3. The summed E-state index contributed by atoms with van der Waals surface area (Å²) in [4.78, 5) is 12.1. The number of carbonyl (C=O) groups is 1. The second kappa shape index (κ2) is 6.82. The minimum absolute atomic E-state index is 0.325. The predicted octanol–water partition coefficient (Wildman–Crippen LogP) is 4.86. The van der Waals surface area contributed by atoms with Gasteiger partial charge in [0.25, 0.3) is 0 Å². The van der Waals surface area contributed by atoms with Gasteiger partial charge in [-0.3, -0.25) is 4.79 Å². The van der Waals surface area contributed by atoms with Crippen LogP contribution in [0.1, 0.15) is 31.9 Å². The van der Waals surface area contributed by atoms with Crippen LogP contribution in [0, 0.1) is 29.1 Å². The predicted molar refractivity (Wildman–Crippen MR) is 83.7 cm³/mol. The molecule has 0 atom stereocenters. The van der Waals surface area contributed by atoms with Crippen molar-refractivity contribution in [3.05, 3.63) is 64.5 Å². The third-order valence-corrected chi connectivity index (χ3v) is 3.65. The molecule has 0 heterocycles. The molecular weight excluding hydrogens is 341 g/mol. The molecule has 0 aliphatic rings. The molecule has 0 aliphatic carbocycles. The van der Waals surface area contributed by atoms with Crippen molar-refractivity contribution in [2.75, 3.05) is 5.32 Å². The third kappa shape index (κ3) is 3.81. The highest BCUT2D eigenvalue weighted by Gasteiger charge is 2.27. The molecule has 0 saturated heterocycles. The molecular formula is C18H16F5NO. The number of hydrogen-bond acceptors (Lipinski definition) is 1. The zero-order valence-corrected chi connectivity index (χ0v) is 13.8. The number of nitrogens with one attached hydrogen (secondary N) is 1. The highest BCUT2D eigenvalue weighted by Crippen LogP contribution is 2.29. The van der Waals surface area contributed by atoms with Crippen LogP contribution in [0.4, 0.5) is 27.6 Å². The maximum Gasteiger partial charge on any atom is 0.229 e. The summed E-state index contributed by atoms with van der Waals surface area (Å²) in [6.45, 7) is 5.71. The molecule has 1 N–H and O–H groups in total. The van der Waals surface area contributed by atoms with Crippen LogP contribution in [0.15, 0.2) is 24.3 Å². The molecule has 2 aromatic rings. The van der Waals surface area contributed by atoms with Gasteiger partial charge in [-0.15, -0.1) is 0 Å². The fourth-order valence-corrected chi connectivity index (χ4v) is 2.41. The Bertz CT molecular complexity index is 798. The van der Waals surface area contributed by atoms with Crippen LogP contribution in [0.3, 0.4) is 0 Å². The number of amides is 1. The van der Waals surface area contributed by atoms with Crippen LogP contribution in [-0.4, -0.2) is 5.91 Å². The molecule has 0 aromatic heterocycles. The lowest BCUT2D eigenvalue weighted by Crippen LogP contribution is -2.21. The van der Waals surface area contributed by atoms with Crippen molar-refractivity contribution in [3.8, 4) is 0 Å². The summed E-state index contributed by atoms with van der Waals surface area (Å²) in [7, 11) is 0. The van der Waals surface area contributed by atoms with Gasteiger partial charge in [0, 0.05) is 11.3 Å². The van der Waals surface area contributed by atoms with Crippen molar-refractivity contribution >= 4 is 11.6 Å². The Labute approximate surface area is 141 Å². The van der Waals surface area contributed by atoms with Gasteiger partial charge in [-0.25, -0.2) is 22.0 Å². The van der Waals surface area contributed by atoms with Crippen molar-refractivity contribution in [2.24, 2.45) is 0 Å². The van der Waals surface area contributed by atoms with Crippen LogP contribution in [-0.2, 0) is 16.6 Å². The average molecular weight is 357 g/mol. The summed E-state index contributed by atoms with van der Waals surface area (Å²) in [5.41, 5.74) is -0.319. The Kier molecular flexibility index (Phi) is 5.15. The molecule has 0 aliphatic heterocycles. The third-order valence-electron chi connectivity index (χ3n) is 3.65. The van der Waals surface area contributed by atoms with Crippen LogP contribution in [0.2, 0.25) is 0 Å². The Hall–Kier alpha value is -2.44. The van der Waals surface area contributed by atoms with Crippen LogP contribution < -0.4 is 5.32 Å². The van der Waals surface area contributed by atoms with E-state index in [1.54, 1.807) is 24.3 Å². The van der Waals surface area contributed by atoms with Crippen LogP contribution in [0.25, 0.3) is 0 Å². The van der Waals surface area contributed by atoms with Gasteiger partial charge in [0.05, 0.1) is 6.42 Å². The lowest BCUT2D eigenvalue weighted by atomic mass is 9.86. The number of para-hydroxylation sites is 1. The molecule has 2 aromatic carbocycles. The van der Waals surface area contributed by atoms with E-state index in [4.69, 9.17) is 0 Å². The van der Waals surface area contributed by atoms with Crippen molar-refractivity contribution in [3.63, 3.8) is 0 Å². The maximum absolute atomic E-state index is 13.7. The molecule has 0 spiro atoms. The quantitative estimate of drug-likeness (QED) is 0.474. The highest BCUT2D eigenvalue weighted by atomic mass is 19.2. The molecule has 1 amide bonds. The molecule has 0 fully saturated rings. The van der Waals surface area contributed by atoms with Gasteiger partial charge in [-0.05, 0) is 17.0 Å². The Morgan fingerprint density at radius 1 is 0.880 bits per heavy atom. The minimum Gasteiger partial charge on any atom is -0.326 e. The van der Waals surface area contributed by atoms with Gasteiger partial charge in [0.15, 0.2) is 23.3 Å². The molecule has 25 heavy (non-hydrogen) atoms. The lowest BCUT2D eigenvalue weighted by Gasteiger charge is -2.23. The van der Waals surface area contributed by atoms with E-state index in [1.165, 1.54) is 0 Å². The van der Waals surface area contributed by atoms with Crippen molar-refractivity contribution in [1.82, 2.24) is 0 Å². The van der Waals surface area contributed by atoms with E-state index in [0.717, 1.165) is 5.56 Å². The van der Waals surface area contributed by atoms with Crippen molar-refractivity contribution < 1.29 is 26.7 Å². The molecule has 0 radical (unpaired) electrons. The van der Waals surface area contributed by atoms with E-state index in [-0.39, 0.29) is 5.41 Å². The van der Waals surface area contributed by atoms with E-state index in [9.17, 15) is 26.7 Å². The molecule has 0 bridgehead atoms. The van der Waals surface area contributed by atoms with E-state index < -0.39 is 47.0 Å². The van der Waals surface area contributed by atoms with E-state index >= 15 is 0 Å². The summed E-state index contributed by atoms with van der Waals surface area (Å²) < 4.78 is 66.8. The molecule has 134 valence electrons. The van der Waals surface area contributed by atoms with E-state index in [0.29, 0.717) is 5.69 Å². The Balaban J connectivity index is 2.32. The first kappa shape index (κ1) is 18.9. The molecule has 2 nitrogen and oxygen atoms in total. The number of carbonyl (C=O) groups excluding carboxylic acids is 1. The maximum atomic E-state index is 13.7. The topological polar surface area (TPSA) is 29.1 Å². The number of halogens is 5. The molecule has 7 heteroatoms. The van der Waals surface area contributed by atoms with E-state index in [1.807, 2.05) is 20.8 Å². The number of rotatable bonds is 3. The van der Waals surface area contributed by atoms with E-state index in [2.05, 4.69) is 5.32 Å². The lowest BCUT2D eigenvalue weighted by molar-refractivity contribution is -0.115. The molecule has 0 unspecified atom stereocenters. The fourth-order valence-electron chi connectivity index (χ4n) is 2.41. The first-order valence-corrected chi connectivity index (χ1v) is 7.43. The zero-order chi connectivity index (χ0) is 18.9. The van der Waals surface area contributed by atoms with Crippen molar-refractivity contribution in [1.29, 1.82) is 0 Å². The summed E-state index contributed by atoms with van der Waals surface area (Å²) >= 11 is 0. The van der Waals surface area contributed by atoms with Crippen LogP contribution in [0.5, 0.6) is 0 Å². The second-order valence-electron chi connectivity index (χ2n) is 6.57. The van der Waals surface area contributed by atoms with Gasteiger partial charge in [0.1, 0.15) is 0 Å². The average Bonchev–Trinajstić information content (AvgIpc) is 2.54. The SMILES string of the molecule is CC(C)(C)c1ccccc1NC(=O)Cc1c(F)c(F)c(F)c(F)c1F. The zero-order valence-electron chi connectivity index (χ0n) is 13.8. The Morgan fingerprint density at radius 2 is 1.36 bits per heavy atom. The largest absolute Gasteiger partial charge is 0.326 e. The van der Waals surface area contributed by atoms with Gasteiger partial charge >= 0.3 is 0 Å². The molecule has 0 saturated carbocycles. The first-order valence-electron chi connectivity index (χ1n) is 7.43. The Morgan fingerprint density at radius 3 is 1.88 bits per heavy atom. The number of hydrogen-bond donors (Lipinski definition) is 1. The summed E-state index contributed by atoms with van der Waals surface area (Å²) in [6, 6.07) is 6.79. The number of anilines is 1. The van der Waals surface area contributed by atoms with Crippen LogP contribution >= 0.6 is 0 Å². The van der Waals surface area contributed by atoms with Gasteiger partial charge < -0.3 is 5.32 Å². The standard InChI is InChI=1S/C18H16F5NO/c1-18(2,3)10-6-4-5-7-11(10)24-12(25)8-9-13(19)15(21)17(23)16(22)14(9)20/h4-7H,8H2,1-3H3,(H,24,25). The van der Waals surface area contributed by atoms with Gasteiger partial charge in [-0.2, -0.15) is 0 Å². The first-order chi connectivity index (χ1) is 11.5. The van der Waals surface area contributed by atoms with Crippen molar-refractivity contribution in [2.45, 2.75) is 32.6 Å². The van der Waals surface area contributed by atoms with Gasteiger partial charge in [-0.1, -0.05) is 39.0 Å². The summed E-state index contributed by atoms with van der Waals surface area (Å²) in [6.07, 6.45) is -0.982. The normalized spacial score (nSPS) is 11.5. The number of benzene rings is 2. The fraction of sp³-hybridized carbons (Fsp3) is 0.278. The minimum atomic E-state index is -2.25.